The second-order valence-electron chi connectivity index (χ2n) is 9.47. The van der Waals surface area contributed by atoms with E-state index >= 15 is 0 Å². The lowest BCUT2D eigenvalue weighted by Crippen LogP contribution is -2.37. The molecule has 0 amide bonds. The van der Waals surface area contributed by atoms with Crippen molar-refractivity contribution in [2.24, 2.45) is 0 Å². The average Bonchev–Trinajstić information content (AvgIpc) is 3.00. The van der Waals surface area contributed by atoms with Crippen LogP contribution in [0.2, 0.25) is 0 Å². The van der Waals surface area contributed by atoms with Crippen LogP contribution in [-0.2, 0) is 28.4 Å². The second kappa shape index (κ2) is 14.9. The molecule has 0 aliphatic rings. The Bertz CT molecular complexity index is 1450. The summed E-state index contributed by atoms with van der Waals surface area (Å²) in [6.07, 6.45) is 0. The molecule has 0 bridgehead atoms. The fourth-order valence-electron chi connectivity index (χ4n) is 4.58. The standard InChI is InChI=1S/C32H36NO5PS3/c1-4-37-39(34,38-5-2)31(33-42(35,36)30-23-21-26(3)22-24-30)25-40-41-32(27-15-9-6-10-16-27,28-17-11-7-12-18-28)29-19-13-8-14-20-29/h6-24,31,33H,4-5,25H2,1-3H3. The number of nitrogens with one attached hydrogen (secondary N) is 1. The van der Waals surface area contributed by atoms with Gasteiger partial charge in [-0.2, -0.15) is 4.72 Å². The molecule has 1 N–H and O–H groups in total. The van der Waals surface area contributed by atoms with Gasteiger partial charge in [-0.25, -0.2) is 8.42 Å². The molecule has 0 aromatic heterocycles. The highest BCUT2D eigenvalue weighted by molar-refractivity contribution is 8.77. The smallest absolute Gasteiger partial charge is 0.308 e. The lowest BCUT2D eigenvalue weighted by molar-refractivity contribution is 0.212. The number of hydrogen-bond acceptors (Lipinski definition) is 7. The maximum absolute atomic E-state index is 14.0. The monoisotopic (exact) mass is 641 g/mol. The van der Waals surface area contributed by atoms with Gasteiger partial charge in [0.05, 0.1) is 18.1 Å². The van der Waals surface area contributed by atoms with Crippen LogP contribution in [0.3, 0.4) is 0 Å². The van der Waals surface area contributed by atoms with E-state index in [4.69, 9.17) is 9.05 Å². The Hall–Kier alpha value is -2.36. The molecule has 6 nitrogen and oxygen atoms in total. The predicted molar refractivity (Wildman–Crippen MR) is 175 cm³/mol. The Labute approximate surface area is 257 Å². The molecule has 4 rings (SSSR count). The fourth-order valence-corrected chi connectivity index (χ4v) is 12.3. The highest BCUT2D eigenvalue weighted by atomic mass is 33.1. The minimum Gasteiger partial charge on any atom is -0.308 e. The number of benzene rings is 4. The van der Waals surface area contributed by atoms with Gasteiger partial charge in [0.1, 0.15) is 10.5 Å². The molecular weight excluding hydrogens is 606 g/mol. The lowest BCUT2D eigenvalue weighted by atomic mass is 9.84. The molecule has 0 radical (unpaired) electrons. The zero-order chi connectivity index (χ0) is 30.1. The van der Waals surface area contributed by atoms with Crippen molar-refractivity contribution in [2.75, 3.05) is 19.0 Å². The van der Waals surface area contributed by atoms with Crippen molar-refractivity contribution in [3.05, 3.63) is 138 Å². The van der Waals surface area contributed by atoms with E-state index in [0.717, 1.165) is 22.3 Å². The molecule has 42 heavy (non-hydrogen) atoms. The first-order chi connectivity index (χ1) is 20.2. The Morgan fingerprint density at radius 1 is 0.738 bits per heavy atom. The van der Waals surface area contributed by atoms with Gasteiger partial charge in [-0.15, -0.1) is 0 Å². The van der Waals surface area contributed by atoms with Gasteiger partial charge in [0.25, 0.3) is 0 Å². The van der Waals surface area contributed by atoms with Crippen LogP contribution in [0.1, 0.15) is 36.1 Å². The zero-order valence-electron chi connectivity index (χ0n) is 23.9. The third-order valence-electron chi connectivity index (χ3n) is 6.57. The average molecular weight is 642 g/mol. The first kappa shape index (κ1) is 32.6. The summed E-state index contributed by atoms with van der Waals surface area (Å²) in [6.45, 7) is 5.53. The Kier molecular flexibility index (Phi) is 11.5. The van der Waals surface area contributed by atoms with Gasteiger partial charge in [0.2, 0.25) is 10.0 Å². The van der Waals surface area contributed by atoms with Crippen LogP contribution in [0.15, 0.2) is 120 Å². The normalized spacial score (nSPS) is 13.1. The van der Waals surface area contributed by atoms with E-state index in [1.807, 2.05) is 61.5 Å². The Balaban J connectivity index is 1.74. The highest BCUT2D eigenvalue weighted by Crippen LogP contribution is 2.57. The highest BCUT2D eigenvalue weighted by Gasteiger charge is 2.42. The minimum absolute atomic E-state index is 0.0857. The van der Waals surface area contributed by atoms with Crippen LogP contribution in [0.5, 0.6) is 0 Å². The molecule has 0 saturated heterocycles. The van der Waals surface area contributed by atoms with E-state index in [9.17, 15) is 13.0 Å². The Morgan fingerprint density at radius 3 is 1.57 bits per heavy atom. The summed E-state index contributed by atoms with van der Waals surface area (Å²) < 4.78 is 54.3. The largest absolute Gasteiger partial charge is 0.349 e. The molecule has 0 aliphatic heterocycles. The van der Waals surface area contributed by atoms with Crippen LogP contribution in [0.4, 0.5) is 0 Å². The van der Waals surface area contributed by atoms with E-state index in [1.165, 1.54) is 22.9 Å². The summed E-state index contributed by atoms with van der Waals surface area (Å²) in [7, 11) is -4.89. The lowest BCUT2D eigenvalue weighted by Gasteiger charge is -2.35. The topological polar surface area (TPSA) is 81.7 Å². The van der Waals surface area contributed by atoms with Crippen LogP contribution >= 0.6 is 29.2 Å². The zero-order valence-corrected chi connectivity index (χ0v) is 27.2. The van der Waals surface area contributed by atoms with Crippen LogP contribution in [-0.4, -0.2) is 33.2 Å². The summed E-state index contributed by atoms with van der Waals surface area (Å²) in [5, 5.41) is 0. The third kappa shape index (κ3) is 7.58. The number of aryl methyl sites for hydroxylation is 1. The minimum atomic E-state index is -4.02. The molecule has 4 aromatic carbocycles. The maximum atomic E-state index is 14.0. The quantitative estimate of drug-likeness (QED) is 0.0796. The van der Waals surface area contributed by atoms with Gasteiger partial charge in [0.15, 0.2) is 0 Å². The molecule has 0 saturated carbocycles. The van der Waals surface area contributed by atoms with Crippen molar-refractivity contribution in [1.82, 2.24) is 4.72 Å². The van der Waals surface area contributed by atoms with E-state index in [2.05, 4.69) is 41.1 Å². The first-order valence-electron chi connectivity index (χ1n) is 13.7. The molecule has 1 unspecified atom stereocenters. The third-order valence-corrected chi connectivity index (χ3v) is 13.8. The first-order valence-corrected chi connectivity index (χ1v) is 19.1. The predicted octanol–water partition coefficient (Wildman–Crippen LogP) is 8.24. The number of rotatable bonds is 15. The molecule has 0 fully saturated rings. The molecule has 4 aromatic rings. The van der Waals surface area contributed by atoms with Gasteiger partial charge in [-0.1, -0.05) is 130 Å². The van der Waals surface area contributed by atoms with Gasteiger partial charge in [0, 0.05) is 5.75 Å². The maximum Gasteiger partial charge on any atom is 0.349 e. The summed E-state index contributed by atoms with van der Waals surface area (Å²) in [5.41, 5.74) is 4.13. The Morgan fingerprint density at radius 2 is 1.17 bits per heavy atom. The van der Waals surface area contributed by atoms with Crippen LogP contribution in [0, 0.1) is 6.92 Å². The van der Waals surface area contributed by atoms with E-state index in [0.29, 0.717) is 0 Å². The van der Waals surface area contributed by atoms with Crippen molar-refractivity contribution in [2.45, 2.75) is 36.2 Å². The molecule has 0 heterocycles. The molecule has 10 heteroatoms. The molecule has 222 valence electrons. The van der Waals surface area contributed by atoms with Crippen molar-refractivity contribution in [3.8, 4) is 0 Å². The van der Waals surface area contributed by atoms with Crippen molar-refractivity contribution >= 4 is 39.2 Å². The molecule has 0 aliphatic carbocycles. The SMILES string of the molecule is CCOP(=O)(OCC)C(CSSC(c1ccccc1)(c1ccccc1)c1ccccc1)NS(=O)(=O)c1ccc(C)cc1. The van der Waals surface area contributed by atoms with E-state index < -0.39 is 28.1 Å². The summed E-state index contributed by atoms with van der Waals surface area (Å²) in [6, 6.07) is 37.1. The summed E-state index contributed by atoms with van der Waals surface area (Å²) >= 11 is 0. The van der Waals surface area contributed by atoms with Crippen molar-refractivity contribution < 1.29 is 22.0 Å². The van der Waals surface area contributed by atoms with Gasteiger partial charge in [-0.3, -0.25) is 4.57 Å². The summed E-state index contributed by atoms with van der Waals surface area (Å²) in [4.78, 5) is 0.0857. The van der Waals surface area contributed by atoms with Gasteiger partial charge in [-0.05, 0) is 49.6 Å². The van der Waals surface area contributed by atoms with E-state index in [1.54, 1.807) is 36.8 Å². The summed E-state index contributed by atoms with van der Waals surface area (Å²) in [5.74, 6) is -0.998. The van der Waals surface area contributed by atoms with Crippen LogP contribution < -0.4 is 4.72 Å². The van der Waals surface area contributed by atoms with E-state index in [-0.39, 0.29) is 23.9 Å². The molecular formula is C32H36NO5PS3. The van der Waals surface area contributed by atoms with Crippen molar-refractivity contribution in [1.29, 1.82) is 0 Å². The molecule has 1 atom stereocenters. The fraction of sp³-hybridized carbons (Fsp3) is 0.250. The number of hydrogen-bond donors (Lipinski definition) is 1. The van der Waals surface area contributed by atoms with Gasteiger partial charge >= 0.3 is 7.60 Å². The van der Waals surface area contributed by atoms with Gasteiger partial charge < -0.3 is 9.05 Å². The van der Waals surface area contributed by atoms with Crippen molar-refractivity contribution in [3.63, 3.8) is 0 Å². The number of sulfonamides is 1. The molecule has 0 spiro atoms. The van der Waals surface area contributed by atoms with Crippen LogP contribution in [0.25, 0.3) is 0 Å². The second-order valence-corrected chi connectivity index (χ2v) is 16.0.